The largest absolute Gasteiger partial charge is 0.468 e. The van der Waals surface area contributed by atoms with Gasteiger partial charge in [-0.2, -0.15) is 0 Å². The Labute approximate surface area is 144 Å². The second-order valence-corrected chi connectivity index (χ2v) is 8.31. The summed E-state index contributed by atoms with van der Waals surface area (Å²) < 4.78 is 4.54. The standard InChI is InChI=1S/C17H25NO2S.ClH/c1-16(2)13-9-6-7-10-14(13)17(21-16,15(19)20-5)11-8-12-18(3)4;/h6-7,9-10H,8,11-12H2,1-5H3;1H. The molecule has 2 rings (SSSR count). The number of carbonyl (C=O) groups is 1. The molecular formula is C17H26ClNO2S. The van der Waals surface area contributed by atoms with E-state index in [1.807, 2.05) is 12.1 Å². The summed E-state index contributed by atoms with van der Waals surface area (Å²) in [7, 11) is 5.61. The zero-order valence-electron chi connectivity index (χ0n) is 14.0. The minimum atomic E-state index is -0.565. The lowest BCUT2D eigenvalue weighted by Gasteiger charge is -2.29. The predicted molar refractivity (Wildman–Crippen MR) is 95.8 cm³/mol. The molecule has 0 amide bonds. The molecule has 1 aliphatic rings. The van der Waals surface area contributed by atoms with Crippen molar-refractivity contribution in [2.75, 3.05) is 27.7 Å². The topological polar surface area (TPSA) is 29.5 Å². The van der Waals surface area contributed by atoms with Gasteiger partial charge >= 0.3 is 5.97 Å². The molecule has 0 bridgehead atoms. The van der Waals surface area contributed by atoms with Gasteiger partial charge < -0.3 is 9.64 Å². The third-order valence-electron chi connectivity index (χ3n) is 4.09. The first-order chi connectivity index (χ1) is 9.83. The Morgan fingerprint density at radius 3 is 2.36 bits per heavy atom. The van der Waals surface area contributed by atoms with Crippen LogP contribution in [-0.2, 0) is 19.0 Å². The van der Waals surface area contributed by atoms with Crippen LogP contribution in [0.25, 0.3) is 0 Å². The van der Waals surface area contributed by atoms with E-state index in [0.717, 1.165) is 24.9 Å². The lowest BCUT2D eigenvalue weighted by atomic mass is 9.86. The molecule has 1 atom stereocenters. The average Bonchev–Trinajstić information content (AvgIpc) is 2.67. The number of methoxy groups -OCH3 is 1. The van der Waals surface area contributed by atoms with Crippen LogP contribution < -0.4 is 0 Å². The van der Waals surface area contributed by atoms with Crippen LogP contribution in [0.3, 0.4) is 0 Å². The quantitative estimate of drug-likeness (QED) is 0.760. The van der Waals surface area contributed by atoms with Gasteiger partial charge in [-0.3, -0.25) is 4.79 Å². The second-order valence-electron chi connectivity index (χ2n) is 6.38. The highest BCUT2D eigenvalue weighted by Crippen LogP contribution is 2.60. The average molecular weight is 344 g/mol. The van der Waals surface area contributed by atoms with Crippen LogP contribution in [-0.4, -0.2) is 38.6 Å². The first-order valence-electron chi connectivity index (χ1n) is 7.37. The van der Waals surface area contributed by atoms with E-state index in [9.17, 15) is 4.79 Å². The number of benzene rings is 1. The molecule has 0 fully saturated rings. The van der Waals surface area contributed by atoms with Gasteiger partial charge in [0, 0.05) is 4.75 Å². The fourth-order valence-electron chi connectivity index (χ4n) is 3.15. The van der Waals surface area contributed by atoms with E-state index >= 15 is 0 Å². The van der Waals surface area contributed by atoms with Crippen molar-refractivity contribution in [2.24, 2.45) is 0 Å². The number of hydrogen-bond donors (Lipinski definition) is 0. The van der Waals surface area contributed by atoms with E-state index in [-0.39, 0.29) is 23.1 Å². The van der Waals surface area contributed by atoms with Crippen molar-refractivity contribution in [2.45, 2.75) is 36.2 Å². The Morgan fingerprint density at radius 2 is 1.82 bits per heavy atom. The van der Waals surface area contributed by atoms with Gasteiger partial charge in [0.25, 0.3) is 0 Å². The SMILES string of the molecule is COC(=O)C1(CCCN(C)C)SC(C)(C)c2ccccc21.Cl. The maximum Gasteiger partial charge on any atom is 0.326 e. The Morgan fingerprint density at radius 1 is 1.23 bits per heavy atom. The molecule has 0 aromatic heterocycles. The molecule has 0 radical (unpaired) electrons. The molecular weight excluding hydrogens is 318 g/mol. The number of rotatable bonds is 5. The van der Waals surface area contributed by atoms with Gasteiger partial charge in [0.15, 0.2) is 0 Å². The number of hydrogen-bond acceptors (Lipinski definition) is 4. The van der Waals surface area contributed by atoms with Gasteiger partial charge in [0.2, 0.25) is 0 Å². The monoisotopic (exact) mass is 343 g/mol. The Hall–Kier alpha value is -0.710. The van der Waals surface area contributed by atoms with E-state index in [1.54, 1.807) is 11.8 Å². The summed E-state index contributed by atoms with van der Waals surface area (Å²) >= 11 is 1.74. The third kappa shape index (κ3) is 3.44. The molecule has 0 aliphatic carbocycles. The number of carbonyl (C=O) groups excluding carboxylic acids is 1. The summed E-state index contributed by atoms with van der Waals surface area (Å²) in [6.07, 6.45) is 1.78. The first kappa shape index (κ1) is 19.3. The van der Waals surface area contributed by atoms with Crippen LogP contribution in [0.5, 0.6) is 0 Å². The number of esters is 1. The van der Waals surface area contributed by atoms with E-state index < -0.39 is 4.75 Å². The third-order valence-corrected chi connectivity index (χ3v) is 5.76. The van der Waals surface area contributed by atoms with Crippen LogP contribution in [0, 0.1) is 0 Å². The predicted octanol–water partition coefficient (Wildman–Crippen LogP) is 3.80. The molecule has 0 saturated carbocycles. The highest BCUT2D eigenvalue weighted by Gasteiger charge is 2.53. The van der Waals surface area contributed by atoms with Crippen molar-refractivity contribution in [1.29, 1.82) is 0 Å². The molecule has 1 unspecified atom stereocenters. The minimum absolute atomic E-state index is 0. The summed E-state index contributed by atoms with van der Waals surface area (Å²) in [6, 6.07) is 8.29. The molecule has 124 valence electrons. The zero-order valence-corrected chi connectivity index (χ0v) is 15.6. The molecule has 1 heterocycles. The fraction of sp³-hybridized carbons (Fsp3) is 0.588. The summed E-state index contributed by atoms with van der Waals surface area (Å²) in [6.45, 7) is 5.35. The number of thioether (sulfide) groups is 1. The lowest BCUT2D eigenvalue weighted by Crippen LogP contribution is -2.33. The molecule has 1 aliphatic heterocycles. The molecule has 0 spiro atoms. The highest BCUT2D eigenvalue weighted by atomic mass is 35.5. The summed E-state index contributed by atoms with van der Waals surface area (Å²) in [5, 5.41) is 0. The smallest absolute Gasteiger partial charge is 0.326 e. The summed E-state index contributed by atoms with van der Waals surface area (Å²) in [4.78, 5) is 14.8. The van der Waals surface area contributed by atoms with Crippen molar-refractivity contribution in [3.8, 4) is 0 Å². The number of nitrogens with zero attached hydrogens (tertiary/aromatic N) is 1. The lowest BCUT2D eigenvalue weighted by molar-refractivity contribution is -0.144. The maximum atomic E-state index is 12.6. The zero-order chi connectivity index (χ0) is 15.7. The van der Waals surface area contributed by atoms with Crippen molar-refractivity contribution >= 4 is 30.1 Å². The molecule has 3 nitrogen and oxygen atoms in total. The Kier molecular flexibility index (Phi) is 6.36. The molecule has 22 heavy (non-hydrogen) atoms. The number of fused-ring (bicyclic) bond motifs is 1. The van der Waals surface area contributed by atoms with E-state index in [1.165, 1.54) is 12.7 Å². The van der Waals surface area contributed by atoms with Gasteiger partial charge in [-0.1, -0.05) is 24.3 Å². The summed E-state index contributed by atoms with van der Waals surface area (Å²) in [5.41, 5.74) is 2.39. The van der Waals surface area contributed by atoms with Crippen LogP contribution in [0.15, 0.2) is 24.3 Å². The molecule has 5 heteroatoms. The van der Waals surface area contributed by atoms with E-state index in [4.69, 9.17) is 4.74 Å². The normalized spacial score (nSPS) is 22.1. The fourth-order valence-corrected chi connectivity index (χ4v) is 5.01. The van der Waals surface area contributed by atoms with Crippen LogP contribution in [0.1, 0.15) is 37.8 Å². The van der Waals surface area contributed by atoms with Crippen LogP contribution in [0.2, 0.25) is 0 Å². The second kappa shape index (κ2) is 7.24. The molecule has 1 aromatic rings. The van der Waals surface area contributed by atoms with Gasteiger partial charge in [-0.15, -0.1) is 24.2 Å². The Balaban J connectivity index is 0.00000242. The number of halogens is 1. The van der Waals surface area contributed by atoms with E-state index in [0.29, 0.717) is 0 Å². The summed E-state index contributed by atoms with van der Waals surface area (Å²) in [5.74, 6) is -0.121. The van der Waals surface area contributed by atoms with Crippen molar-refractivity contribution in [1.82, 2.24) is 4.90 Å². The van der Waals surface area contributed by atoms with E-state index in [2.05, 4.69) is 45.0 Å². The molecule has 0 saturated heterocycles. The Bertz CT molecular complexity index is 533. The van der Waals surface area contributed by atoms with Gasteiger partial charge in [0.1, 0.15) is 4.75 Å². The van der Waals surface area contributed by atoms with Gasteiger partial charge in [-0.25, -0.2) is 0 Å². The van der Waals surface area contributed by atoms with Crippen molar-refractivity contribution in [3.63, 3.8) is 0 Å². The van der Waals surface area contributed by atoms with Gasteiger partial charge in [0.05, 0.1) is 7.11 Å². The van der Waals surface area contributed by atoms with Crippen LogP contribution in [0.4, 0.5) is 0 Å². The first-order valence-corrected chi connectivity index (χ1v) is 8.18. The van der Waals surface area contributed by atoms with Crippen LogP contribution >= 0.6 is 24.2 Å². The highest BCUT2D eigenvalue weighted by molar-refractivity contribution is 8.02. The van der Waals surface area contributed by atoms with Crippen molar-refractivity contribution in [3.05, 3.63) is 35.4 Å². The van der Waals surface area contributed by atoms with Crippen molar-refractivity contribution < 1.29 is 9.53 Å². The molecule has 1 aromatic carbocycles. The number of ether oxygens (including phenoxy) is 1. The minimum Gasteiger partial charge on any atom is -0.468 e. The maximum absolute atomic E-state index is 12.6. The van der Waals surface area contributed by atoms with Gasteiger partial charge in [-0.05, 0) is 58.5 Å². The molecule has 0 N–H and O–H groups in total.